The largest absolute Gasteiger partial charge is 0.488 e. The third-order valence-corrected chi connectivity index (χ3v) is 2.72. The van der Waals surface area contributed by atoms with E-state index < -0.39 is 0 Å². The molecule has 4 nitrogen and oxygen atoms in total. The van der Waals surface area contributed by atoms with E-state index in [0.717, 1.165) is 5.56 Å². The van der Waals surface area contributed by atoms with Gasteiger partial charge in [0.25, 0.3) is 0 Å². The van der Waals surface area contributed by atoms with Crippen molar-refractivity contribution < 1.29 is 9.13 Å². The minimum atomic E-state index is -0.308. The second-order valence-corrected chi connectivity index (χ2v) is 4.15. The van der Waals surface area contributed by atoms with Gasteiger partial charge in [-0.2, -0.15) is 5.26 Å². The molecule has 0 heterocycles. The molecule has 0 atom stereocenters. The lowest BCUT2D eigenvalue weighted by atomic mass is 10.1. The first-order chi connectivity index (χ1) is 9.60. The summed E-state index contributed by atoms with van der Waals surface area (Å²) < 4.78 is 18.3. The standard InChI is InChI=1S/C15H12FN3O/c16-13-4-1-10(2-5-13)9-20-14-6-3-11(15(18)19)7-12(14)8-17/h1-7H,9H2,(H3,18,19). The van der Waals surface area contributed by atoms with E-state index in [1.54, 1.807) is 24.3 Å². The fourth-order valence-corrected chi connectivity index (χ4v) is 1.65. The lowest BCUT2D eigenvalue weighted by Gasteiger charge is -2.09. The number of nitrogens with two attached hydrogens (primary N) is 1. The lowest BCUT2D eigenvalue weighted by Crippen LogP contribution is -2.11. The molecule has 2 aromatic carbocycles. The number of nitriles is 1. The van der Waals surface area contributed by atoms with E-state index in [-0.39, 0.29) is 18.3 Å². The van der Waals surface area contributed by atoms with E-state index in [0.29, 0.717) is 16.9 Å². The van der Waals surface area contributed by atoms with Gasteiger partial charge < -0.3 is 10.5 Å². The number of hydrogen-bond donors (Lipinski definition) is 2. The van der Waals surface area contributed by atoms with E-state index in [9.17, 15) is 4.39 Å². The van der Waals surface area contributed by atoms with Crippen molar-refractivity contribution in [3.05, 3.63) is 65.0 Å². The summed E-state index contributed by atoms with van der Waals surface area (Å²) in [6.07, 6.45) is 0. The number of benzene rings is 2. The van der Waals surface area contributed by atoms with Crippen LogP contribution in [0.3, 0.4) is 0 Å². The van der Waals surface area contributed by atoms with Crippen LogP contribution in [0.4, 0.5) is 4.39 Å². The molecule has 20 heavy (non-hydrogen) atoms. The third-order valence-electron chi connectivity index (χ3n) is 2.72. The highest BCUT2D eigenvalue weighted by atomic mass is 19.1. The molecule has 0 unspecified atom stereocenters. The molecule has 3 N–H and O–H groups in total. The van der Waals surface area contributed by atoms with Crippen molar-refractivity contribution in [2.24, 2.45) is 5.73 Å². The van der Waals surface area contributed by atoms with Crippen LogP contribution in [-0.2, 0) is 6.61 Å². The van der Waals surface area contributed by atoms with E-state index in [1.807, 2.05) is 6.07 Å². The maximum absolute atomic E-state index is 12.8. The van der Waals surface area contributed by atoms with Crippen molar-refractivity contribution in [2.75, 3.05) is 0 Å². The molecule has 100 valence electrons. The molecule has 0 aromatic heterocycles. The second kappa shape index (κ2) is 5.85. The molecule has 2 rings (SSSR count). The minimum absolute atomic E-state index is 0.105. The summed E-state index contributed by atoms with van der Waals surface area (Å²) in [7, 11) is 0. The van der Waals surface area contributed by atoms with E-state index in [2.05, 4.69) is 0 Å². The highest BCUT2D eigenvalue weighted by Gasteiger charge is 2.07. The molecule has 0 fully saturated rings. The maximum atomic E-state index is 12.8. The van der Waals surface area contributed by atoms with Crippen LogP contribution in [0.1, 0.15) is 16.7 Å². The van der Waals surface area contributed by atoms with Crippen LogP contribution in [0.2, 0.25) is 0 Å². The first-order valence-electron chi connectivity index (χ1n) is 5.86. The Kier molecular flexibility index (Phi) is 3.96. The van der Waals surface area contributed by atoms with Crippen LogP contribution in [-0.4, -0.2) is 5.84 Å². The molecule has 0 saturated heterocycles. The molecule has 0 radical (unpaired) electrons. The average molecular weight is 269 g/mol. The van der Waals surface area contributed by atoms with E-state index in [1.165, 1.54) is 18.2 Å². The van der Waals surface area contributed by atoms with E-state index >= 15 is 0 Å². The van der Waals surface area contributed by atoms with Crippen molar-refractivity contribution in [3.63, 3.8) is 0 Å². The van der Waals surface area contributed by atoms with Crippen molar-refractivity contribution in [2.45, 2.75) is 6.61 Å². The molecule has 0 saturated carbocycles. The third kappa shape index (κ3) is 3.12. The van der Waals surface area contributed by atoms with Crippen LogP contribution in [0.25, 0.3) is 0 Å². The Bertz CT molecular complexity index is 675. The zero-order chi connectivity index (χ0) is 14.5. The Morgan fingerprint density at radius 2 is 1.95 bits per heavy atom. The number of ether oxygens (including phenoxy) is 1. The van der Waals surface area contributed by atoms with Gasteiger partial charge >= 0.3 is 0 Å². The summed E-state index contributed by atoms with van der Waals surface area (Å²) in [6.45, 7) is 0.231. The summed E-state index contributed by atoms with van der Waals surface area (Å²) in [5.74, 6) is -0.00863. The van der Waals surface area contributed by atoms with Crippen LogP contribution < -0.4 is 10.5 Å². The van der Waals surface area contributed by atoms with Crippen LogP contribution in [0.5, 0.6) is 5.75 Å². The van der Waals surface area contributed by atoms with Gasteiger partial charge in [-0.3, -0.25) is 5.41 Å². The van der Waals surface area contributed by atoms with E-state index in [4.69, 9.17) is 21.1 Å². The number of halogens is 1. The van der Waals surface area contributed by atoms with Gasteiger partial charge in [0.1, 0.15) is 30.1 Å². The predicted octanol–water partition coefficient (Wildman–Crippen LogP) is 2.56. The highest BCUT2D eigenvalue weighted by Crippen LogP contribution is 2.20. The van der Waals surface area contributed by atoms with Gasteiger partial charge in [-0.15, -0.1) is 0 Å². The van der Waals surface area contributed by atoms with Gasteiger partial charge in [-0.25, -0.2) is 4.39 Å². The van der Waals surface area contributed by atoms with Gasteiger partial charge in [0.05, 0.1) is 5.56 Å². The Morgan fingerprint density at radius 1 is 1.25 bits per heavy atom. The van der Waals surface area contributed by atoms with Crippen molar-refractivity contribution in [1.82, 2.24) is 0 Å². The summed E-state index contributed by atoms with van der Waals surface area (Å²) in [6, 6.07) is 12.6. The topological polar surface area (TPSA) is 82.9 Å². The van der Waals surface area contributed by atoms with Crippen LogP contribution >= 0.6 is 0 Å². The first kappa shape index (κ1) is 13.6. The number of nitrogens with one attached hydrogen (secondary N) is 1. The highest BCUT2D eigenvalue weighted by molar-refractivity contribution is 5.95. The number of rotatable bonds is 4. The van der Waals surface area contributed by atoms with Crippen LogP contribution in [0.15, 0.2) is 42.5 Å². The maximum Gasteiger partial charge on any atom is 0.137 e. The molecule has 5 heteroatoms. The number of hydrogen-bond acceptors (Lipinski definition) is 3. The van der Waals surface area contributed by atoms with Crippen molar-refractivity contribution >= 4 is 5.84 Å². The number of nitrogen functional groups attached to an aromatic ring is 1. The van der Waals surface area contributed by atoms with Gasteiger partial charge in [0, 0.05) is 5.56 Å². The van der Waals surface area contributed by atoms with Crippen molar-refractivity contribution in [1.29, 1.82) is 10.7 Å². The summed E-state index contributed by atoms with van der Waals surface area (Å²) in [5.41, 5.74) is 6.93. The zero-order valence-corrected chi connectivity index (χ0v) is 10.6. The molecular formula is C15H12FN3O. The Hall–Kier alpha value is -2.87. The normalized spacial score (nSPS) is 9.80. The molecule has 0 aliphatic carbocycles. The summed E-state index contributed by atoms with van der Waals surface area (Å²) >= 11 is 0. The second-order valence-electron chi connectivity index (χ2n) is 4.15. The van der Waals surface area contributed by atoms with Gasteiger partial charge in [0.15, 0.2) is 0 Å². The van der Waals surface area contributed by atoms with Gasteiger partial charge in [-0.1, -0.05) is 12.1 Å². The average Bonchev–Trinajstić information content (AvgIpc) is 2.46. The first-order valence-corrected chi connectivity index (χ1v) is 5.86. The molecule has 0 bridgehead atoms. The Balaban J connectivity index is 2.15. The Labute approximate surface area is 115 Å². The molecule has 0 aliphatic rings. The zero-order valence-electron chi connectivity index (χ0n) is 10.6. The number of amidine groups is 1. The van der Waals surface area contributed by atoms with Crippen molar-refractivity contribution in [3.8, 4) is 11.8 Å². The van der Waals surface area contributed by atoms with Crippen LogP contribution in [0, 0.1) is 22.6 Å². The fourth-order valence-electron chi connectivity index (χ4n) is 1.65. The lowest BCUT2D eigenvalue weighted by molar-refractivity contribution is 0.305. The summed E-state index contributed by atoms with van der Waals surface area (Å²) in [5, 5.41) is 16.4. The predicted molar refractivity (Wildman–Crippen MR) is 72.9 cm³/mol. The monoisotopic (exact) mass is 269 g/mol. The fraction of sp³-hybridized carbons (Fsp3) is 0.0667. The van der Waals surface area contributed by atoms with Gasteiger partial charge in [0.2, 0.25) is 0 Å². The molecule has 0 aliphatic heterocycles. The molecule has 0 spiro atoms. The SMILES string of the molecule is N#Cc1cc(C(=N)N)ccc1OCc1ccc(F)cc1. The summed E-state index contributed by atoms with van der Waals surface area (Å²) in [4.78, 5) is 0. The molecule has 2 aromatic rings. The number of nitrogens with zero attached hydrogens (tertiary/aromatic N) is 1. The smallest absolute Gasteiger partial charge is 0.137 e. The molecular weight excluding hydrogens is 257 g/mol. The minimum Gasteiger partial charge on any atom is -0.488 e. The molecule has 0 amide bonds. The van der Waals surface area contributed by atoms with Gasteiger partial charge in [-0.05, 0) is 35.9 Å². The quantitative estimate of drug-likeness (QED) is 0.661. The Morgan fingerprint density at radius 3 is 2.55 bits per heavy atom.